The first-order valence-corrected chi connectivity index (χ1v) is 10.3. The third kappa shape index (κ3) is 3.97. The molecular weight excluding hydrogens is 434 g/mol. The van der Waals surface area contributed by atoms with Gasteiger partial charge in [-0.15, -0.1) is 0 Å². The van der Waals surface area contributed by atoms with Crippen molar-refractivity contribution in [3.8, 4) is 10.9 Å². The number of anilines is 1. The summed E-state index contributed by atoms with van der Waals surface area (Å²) in [5, 5.41) is 3.48. The maximum absolute atomic E-state index is 13.2. The molecule has 1 aromatic carbocycles. The molecular formula is C21H19N5O5S. The molecule has 0 aliphatic heterocycles. The van der Waals surface area contributed by atoms with Gasteiger partial charge in [0.05, 0.1) is 26.3 Å². The molecule has 0 spiro atoms. The number of carbonyl (C=O) groups excluding carboxylic acids is 2. The van der Waals surface area contributed by atoms with Crippen LogP contribution in [0.4, 0.5) is 5.69 Å². The van der Waals surface area contributed by atoms with Crippen molar-refractivity contribution >= 4 is 39.8 Å². The van der Waals surface area contributed by atoms with Crippen molar-refractivity contribution in [2.24, 2.45) is 0 Å². The monoisotopic (exact) mass is 453 g/mol. The van der Waals surface area contributed by atoms with Gasteiger partial charge in [-0.3, -0.25) is 14.4 Å². The van der Waals surface area contributed by atoms with Crippen molar-refractivity contribution in [2.75, 3.05) is 19.5 Å². The highest BCUT2D eigenvalue weighted by molar-refractivity contribution is 7.07. The molecule has 0 saturated heterocycles. The van der Waals surface area contributed by atoms with Crippen LogP contribution in [0.5, 0.6) is 10.9 Å². The third-order valence-electron chi connectivity index (χ3n) is 4.92. The molecule has 0 aliphatic rings. The van der Waals surface area contributed by atoms with E-state index in [0.717, 1.165) is 17.0 Å². The van der Waals surface area contributed by atoms with Crippen LogP contribution in [0.1, 0.15) is 21.9 Å². The molecule has 0 aliphatic carbocycles. The van der Waals surface area contributed by atoms with Crippen LogP contribution >= 0.6 is 11.5 Å². The summed E-state index contributed by atoms with van der Waals surface area (Å²) < 4.78 is 16.6. The van der Waals surface area contributed by atoms with Gasteiger partial charge < -0.3 is 24.3 Å². The lowest BCUT2D eigenvalue weighted by Crippen LogP contribution is -2.24. The Morgan fingerprint density at radius 3 is 2.69 bits per heavy atom. The number of carbonyl (C=O) groups is 2. The first kappa shape index (κ1) is 21.2. The zero-order valence-electron chi connectivity index (χ0n) is 17.5. The number of fused-ring (bicyclic) bond motifs is 1. The van der Waals surface area contributed by atoms with E-state index in [1.54, 1.807) is 19.1 Å². The molecule has 1 amide bonds. The van der Waals surface area contributed by atoms with E-state index in [-0.39, 0.29) is 23.4 Å². The highest BCUT2D eigenvalue weighted by Gasteiger charge is 2.26. The van der Waals surface area contributed by atoms with Gasteiger partial charge in [0.1, 0.15) is 5.75 Å². The maximum Gasteiger partial charge on any atom is 0.296 e. The van der Waals surface area contributed by atoms with Gasteiger partial charge in [0, 0.05) is 46.1 Å². The second kappa shape index (κ2) is 8.63. The molecule has 32 heavy (non-hydrogen) atoms. The number of hydrogen-bond donors (Lipinski definition) is 2. The molecule has 0 bridgehead atoms. The Labute approximate surface area is 186 Å². The van der Waals surface area contributed by atoms with Gasteiger partial charge in [0.2, 0.25) is 5.56 Å². The van der Waals surface area contributed by atoms with E-state index >= 15 is 0 Å². The molecule has 4 rings (SSSR count). The molecule has 0 unspecified atom stereocenters. The van der Waals surface area contributed by atoms with Crippen LogP contribution in [0.3, 0.4) is 0 Å². The van der Waals surface area contributed by atoms with Gasteiger partial charge in [0.25, 0.3) is 16.9 Å². The Balaban J connectivity index is 1.76. The number of aromatic amines is 1. The van der Waals surface area contributed by atoms with E-state index < -0.39 is 11.7 Å². The summed E-state index contributed by atoms with van der Waals surface area (Å²) in [6.45, 7) is 2.04. The Hall–Kier alpha value is -3.99. The molecule has 0 radical (unpaired) electrons. The van der Waals surface area contributed by atoms with Crippen molar-refractivity contribution in [2.45, 2.75) is 13.5 Å². The Morgan fingerprint density at radius 1 is 1.19 bits per heavy atom. The fourth-order valence-corrected chi connectivity index (χ4v) is 3.93. The number of ether oxygens (including phenoxy) is 2. The number of amides is 1. The smallest absolute Gasteiger partial charge is 0.296 e. The summed E-state index contributed by atoms with van der Waals surface area (Å²) >= 11 is 1.13. The number of H-pyrrole nitrogens is 1. The van der Waals surface area contributed by atoms with Gasteiger partial charge in [0.15, 0.2) is 5.82 Å². The van der Waals surface area contributed by atoms with Gasteiger partial charge in [-0.05, 0) is 31.2 Å². The quantitative estimate of drug-likeness (QED) is 0.325. The van der Waals surface area contributed by atoms with E-state index in [0.29, 0.717) is 27.8 Å². The molecule has 164 valence electrons. The first-order chi connectivity index (χ1) is 15.4. The molecule has 0 atom stereocenters. The molecule has 4 aromatic rings. The summed E-state index contributed by atoms with van der Waals surface area (Å²) in [6, 6.07) is 7.99. The number of aromatic nitrogens is 4. The predicted octanol–water partition coefficient (Wildman–Crippen LogP) is 2.38. The Bertz CT molecular complexity index is 1390. The second-order valence-corrected chi connectivity index (χ2v) is 7.55. The number of rotatable bonds is 7. The minimum absolute atomic E-state index is 0.227. The van der Waals surface area contributed by atoms with Gasteiger partial charge >= 0.3 is 0 Å². The lowest BCUT2D eigenvalue weighted by Gasteiger charge is -2.07. The van der Waals surface area contributed by atoms with Crippen LogP contribution in [0.2, 0.25) is 0 Å². The zero-order valence-corrected chi connectivity index (χ0v) is 18.3. The maximum atomic E-state index is 13.2. The fraction of sp³-hybridized carbons (Fsp3) is 0.190. The molecule has 11 heteroatoms. The lowest BCUT2D eigenvalue weighted by atomic mass is 10.1. The second-order valence-electron chi connectivity index (χ2n) is 6.84. The normalized spacial score (nSPS) is 10.8. The van der Waals surface area contributed by atoms with Gasteiger partial charge in [-0.2, -0.15) is 9.36 Å². The van der Waals surface area contributed by atoms with Crippen LogP contribution in [0.15, 0.2) is 41.3 Å². The molecule has 3 heterocycles. The van der Waals surface area contributed by atoms with E-state index in [9.17, 15) is 14.4 Å². The van der Waals surface area contributed by atoms with Crippen molar-refractivity contribution in [1.82, 2.24) is 18.9 Å². The minimum Gasteiger partial charge on any atom is -0.497 e. The van der Waals surface area contributed by atoms with E-state index in [1.165, 1.54) is 32.5 Å². The molecule has 0 fully saturated rings. The average Bonchev–Trinajstić information content (AvgIpc) is 3.35. The zero-order chi connectivity index (χ0) is 22.8. The topological polar surface area (TPSA) is 128 Å². The largest absolute Gasteiger partial charge is 0.497 e. The lowest BCUT2D eigenvalue weighted by molar-refractivity contribution is -0.112. The number of benzene rings is 1. The van der Waals surface area contributed by atoms with Crippen molar-refractivity contribution in [3.05, 3.63) is 64.0 Å². The van der Waals surface area contributed by atoms with E-state index in [4.69, 9.17) is 9.47 Å². The predicted molar refractivity (Wildman–Crippen MR) is 119 cm³/mol. The van der Waals surface area contributed by atoms with Crippen molar-refractivity contribution in [3.63, 3.8) is 0 Å². The molecule has 10 nitrogen and oxygen atoms in total. The first-order valence-electron chi connectivity index (χ1n) is 9.49. The molecule has 3 aromatic heterocycles. The van der Waals surface area contributed by atoms with Crippen LogP contribution in [0, 0.1) is 6.92 Å². The van der Waals surface area contributed by atoms with Crippen molar-refractivity contribution in [1.29, 1.82) is 0 Å². The standard InChI is InChI=1S/C21H19N5O5S/c1-11-18(19(28)20(29)23-12-6-7-22-17(27)8-12)14-9-13(30-2)4-5-15(14)26(11)10-16-24-21(31-3)32-25-16/h4-9H,10H2,1-3H3,(H2,22,23,27,29). The average molecular weight is 453 g/mol. The third-order valence-corrected chi connectivity index (χ3v) is 5.64. The Kier molecular flexibility index (Phi) is 5.73. The Morgan fingerprint density at radius 2 is 2.00 bits per heavy atom. The number of Topliss-reactive ketones (excluding diaryl/α,β-unsaturated/α-hetero) is 1. The number of methoxy groups -OCH3 is 2. The fourth-order valence-electron chi connectivity index (χ4n) is 3.43. The van der Waals surface area contributed by atoms with Gasteiger partial charge in [-0.25, -0.2) is 0 Å². The summed E-state index contributed by atoms with van der Waals surface area (Å²) in [5.41, 5.74) is 1.38. The summed E-state index contributed by atoms with van der Waals surface area (Å²) in [4.78, 5) is 44.2. The van der Waals surface area contributed by atoms with Gasteiger partial charge in [-0.1, -0.05) is 0 Å². The number of hydrogen-bond acceptors (Lipinski definition) is 8. The summed E-state index contributed by atoms with van der Waals surface area (Å²) in [7, 11) is 3.04. The molecule has 0 saturated carbocycles. The van der Waals surface area contributed by atoms with Crippen LogP contribution < -0.4 is 20.3 Å². The number of nitrogens with zero attached hydrogens (tertiary/aromatic N) is 3. The highest BCUT2D eigenvalue weighted by Crippen LogP contribution is 2.31. The van der Waals surface area contributed by atoms with E-state index in [1.807, 2.05) is 10.6 Å². The summed E-state index contributed by atoms with van der Waals surface area (Å²) in [5.74, 6) is -0.514. The number of ketones is 1. The van der Waals surface area contributed by atoms with Crippen LogP contribution in [0.25, 0.3) is 10.9 Å². The van der Waals surface area contributed by atoms with Crippen LogP contribution in [-0.2, 0) is 11.3 Å². The number of nitrogens with one attached hydrogen (secondary N) is 2. The van der Waals surface area contributed by atoms with Crippen LogP contribution in [-0.4, -0.2) is 44.8 Å². The number of pyridine rings is 1. The van der Waals surface area contributed by atoms with Crippen molar-refractivity contribution < 1.29 is 19.1 Å². The molecule has 2 N–H and O–H groups in total. The highest BCUT2D eigenvalue weighted by atomic mass is 32.1. The minimum atomic E-state index is -0.853. The SMILES string of the molecule is COc1ccc2c(c1)c(C(=O)C(=O)Nc1cc[nH]c(=O)c1)c(C)n2Cc1nsc(OC)n1. The summed E-state index contributed by atoms with van der Waals surface area (Å²) in [6.07, 6.45) is 1.39. The van der Waals surface area contributed by atoms with E-state index in [2.05, 4.69) is 19.7 Å².